The fraction of sp³-hybridized carbons (Fsp3) is 0.556. The molecular weight excluding hydrogens is 232 g/mol. The van der Waals surface area contributed by atoms with Gasteiger partial charge < -0.3 is 10.4 Å². The highest BCUT2D eigenvalue weighted by Crippen LogP contribution is 2.15. The number of nitrogens with zero attached hydrogens (tertiary/aromatic N) is 1. The van der Waals surface area contributed by atoms with Crippen LogP contribution in [0.15, 0.2) is 5.38 Å². The van der Waals surface area contributed by atoms with Crippen LogP contribution in [0.2, 0.25) is 0 Å². The highest BCUT2D eigenvalue weighted by atomic mass is 32.2. The molecule has 0 radical (unpaired) electrons. The third kappa shape index (κ3) is 4.53. The number of hydrogen-bond acceptors (Lipinski definition) is 5. The Morgan fingerprint density at radius 1 is 1.67 bits per heavy atom. The first kappa shape index (κ1) is 12.3. The molecule has 6 heteroatoms. The van der Waals surface area contributed by atoms with Crippen LogP contribution >= 0.6 is 23.1 Å². The minimum atomic E-state index is -0.971. The highest BCUT2D eigenvalue weighted by molar-refractivity contribution is 7.98. The molecule has 0 aliphatic heterocycles. The van der Waals surface area contributed by atoms with Crippen molar-refractivity contribution in [2.45, 2.75) is 12.8 Å². The molecule has 1 aromatic heterocycles. The van der Waals surface area contributed by atoms with Gasteiger partial charge in [0.15, 0.2) is 10.8 Å². The summed E-state index contributed by atoms with van der Waals surface area (Å²) in [6.45, 7) is 0.854. The second-order valence-corrected chi connectivity index (χ2v) is 4.81. The number of thioether (sulfide) groups is 1. The Morgan fingerprint density at radius 3 is 3.07 bits per heavy atom. The number of thiazole rings is 1. The van der Waals surface area contributed by atoms with Gasteiger partial charge in [0.25, 0.3) is 0 Å². The van der Waals surface area contributed by atoms with Crippen LogP contribution in [0.1, 0.15) is 23.3 Å². The van der Waals surface area contributed by atoms with Crippen molar-refractivity contribution in [3.63, 3.8) is 0 Å². The summed E-state index contributed by atoms with van der Waals surface area (Å²) in [5.74, 6) is 0.196. The van der Waals surface area contributed by atoms with E-state index in [1.165, 1.54) is 23.5 Å². The minimum Gasteiger partial charge on any atom is -0.476 e. The lowest BCUT2D eigenvalue weighted by Gasteiger charge is -2.00. The fourth-order valence-corrected chi connectivity index (χ4v) is 2.23. The van der Waals surface area contributed by atoms with Crippen molar-refractivity contribution in [3.05, 3.63) is 11.1 Å². The monoisotopic (exact) mass is 246 g/mol. The minimum absolute atomic E-state index is 0.117. The van der Waals surface area contributed by atoms with Crippen LogP contribution in [-0.2, 0) is 0 Å². The van der Waals surface area contributed by atoms with Crippen LogP contribution in [0.4, 0.5) is 5.13 Å². The summed E-state index contributed by atoms with van der Waals surface area (Å²) in [4.78, 5) is 14.5. The van der Waals surface area contributed by atoms with Gasteiger partial charge in [-0.2, -0.15) is 11.8 Å². The first-order chi connectivity index (χ1) is 7.24. The third-order valence-electron chi connectivity index (χ3n) is 1.77. The topological polar surface area (TPSA) is 62.2 Å². The molecule has 84 valence electrons. The van der Waals surface area contributed by atoms with E-state index in [-0.39, 0.29) is 5.69 Å². The molecule has 0 saturated heterocycles. The van der Waals surface area contributed by atoms with E-state index >= 15 is 0 Å². The maximum atomic E-state index is 10.5. The summed E-state index contributed by atoms with van der Waals surface area (Å²) in [7, 11) is 0. The van der Waals surface area contributed by atoms with Crippen LogP contribution in [0.5, 0.6) is 0 Å². The van der Waals surface area contributed by atoms with Gasteiger partial charge in [0.2, 0.25) is 0 Å². The van der Waals surface area contributed by atoms with E-state index in [2.05, 4.69) is 16.6 Å². The van der Waals surface area contributed by atoms with Crippen molar-refractivity contribution >= 4 is 34.2 Å². The number of anilines is 1. The molecule has 1 aromatic rings. The number of aromatic carboxylic acids is 1. The maximum Gasteiger partial charge on any atom is 0.355 e. The molecule has 4 nitrogen and oxygen atoms in total. The van der Waals surface area contributed by atoms with Crippen LogP contribution in [0.3, 0.4) is 0 Å². The number of carboxylic acids is 1. The number of hydrogen-bond donors (Lipinski definition) is 2. The molecule has 0 aliphatic rings. The first-order valence-electron chi connectivity index (χ1n) is 4.65. The summed E-state index contributed by atoms with van der Waals surface area (Å²) < 4.78 is 0. The number of unbranched alkanes of at least 4 members (excludes halogenated alkanes) is 1. The fourth-order valence-electron chi connectivity index (χ4n) is 1.02. The summed E-state index contributed by atoms with van der Waals surface area (Å²) in [5, 5.41) is 14.0. The molecule has 0 aliphatic carbocycles. The summed E-state index contributed by atoms with van der Waals surface area (Å²) in [6, 6.07) is 0. The van der Waals surface area contributed by atoms with Crippen molar-refractivity contribution in [1.82, 2.24) is 4.98 Å². The van der Waals surface area contributed by atoms with Crippen molar-refractivity contribution < 1.29 is 9.90 Å². The average molecular weight is 246 g/mol. The average Bonchev–Trinajstić information content (AvgIpc) is 2.66. The van der Waals surface area contributed by atoms with Gasteiger partial charge in [0, 0.05) is 11.9 Å². The Labute approximate surface area is 97.1 Å². The predicted octanol–water partition coefficient (Wildman–Crippen LogP) is 2.40. The first-order valence-corrected chi connectivity index (χ1v) is 6.93. The molecule has 2 N–H and O–H groups in total. The number of carboxylic acid groups (broad SMARTS) is 1. The van der Waals surface area contributed by atoms with E-state index in [4.69, 9.17) is 5.11 Å². The Bertz CT molecular complexity index is 315. The smallest absolute Gasteiger partial charge is 0.355 e. The molecule has 1 heterocycles. The zero-order valence-corrected chi connectivity index (χ0v) is 10.2. The molecule has 0 unspecified atom stereocenters. The number of carbonyl (C=O) groups is 1. The van der Waals surface area contributed by atoms with Gasteiger partial charge in [-0.15, -0.1) is 11.3 Å². The molecule has 0 spiro atoms. The molecule has 0 amide bonds. The lowest BCUT2D eigenvalue weighted by molar-refractivity contribution is 0.0691. The summed E-state index contributed by atoms with van der Waals surface area (Å²) >= 11 is 3.17. The van der Waals surface area contributed by atoms with Gasteiger partial charge in [0.05, 0.1) is 0 Å². The van der Waals surface area contributed by atoms with Gasteiger partial charge in [0.1, 0.15) is 0 Å². The van der Waals surface area contributed by atoms with Crippen LogP contribution in [-0.4, -0.2) is 34.6 Å². The van der Waals surface area contributed by atoms with Gasteiger partial charge in [-0.25, -0.2) is 9.78 Å². The van der Waals surface area contributed by atoms with E-state index in [0.717, 1.165) is 13.0 Å². The molecule has 15 heavy (non-hydrogen) atoms. The summed E-state index contributed by atoms with van der Waals surface area (Å²) in [5.41, 5.74) is 0.117. The lowest BCUT2D eigenvalue weighted by Crippen LogP contribution is -2.02. The second kappa shape index (κ2) is 6.68. The van der Waals surface area contributed by atoms with Gasteiger partial charge in [-0.05, 0) is 24.9 Å². The molecule has 0 aromatic carbocycles. The molecule has 1 rings (SSSR count). The normalized spacial score (nSPS) is 10.2. The number of rotatable bonds is 7. The Hall–Kier alpha value is -0.750. The van der Waals surface area contributed by atoms with Crippen molar-refractivity contribution in [1.29, 1.82) is 0 Å². The largest absolute Gasteiger partial charge is 0.476 e. The Balaban J connectivity index is 2.23. The lowest BCUT2D eigenvalue weighted by atomic mass is 10.3. The van der Waals surface area contributed by atoms with E-state index in [0.29, 0.717) is 5.13 Å². The van der Waals surface area contributed by atoms with Crippen molar-refractivity contribution in [3.8, 4) is 0 Å². The van der Waals surface area contributed by atoms with Crippen molar-refractivity contribution in [2.24, 2.45) is 0 Å². The van der Waals surface area contributed by atoms with E-state index < -0.39 is 5.97 Å². The van der Waals surface area contributed by atoms with Gasteiger partial charge in [-0.3, -0.25) is 0 Å². The SMILES string of the molecule is CSCCCCNc1nc(C(=O)O)cs1. The summed E-state index contributed by atoms with van der Waals surface area (Å²) in [6.07, 6.45) is 4.35. The second-order valence-electron chi connectivity index (χ2n) is 2.97. The Kier molecular flexibility index (Phi) is 5.49. The zero-order valence-electron chi connectivity index (χ0n) is 8.52. The van der Waals surface area contributed by atoms with E-state index in [1.807, 2.05) is 11.8 Å². The quantitative estimate of drug-likeness (QED) is 0.723. The van der Waals surface area contributed by atoms with Crippen LogP contribution in [0, 0.1) is 0 Å². The Morgan fingerprint density at radius 2 is 2.47 bits per heavy atom. The maximum absolute atomic E-state index is 10.5. The molecule has 0 saturated carbocycles. The molecule has 0 atom stereocenters. The number of nitrogens with one attached hydrogen (secondary N) is 1. The standard InChI is InChI=1S/C9H14N2O2S2/c1-14-5-3-2-4-10-9-11-7(6-15-9)8(12)13/h6H,2-5H2,1H3,(H,10,11)(H,12,13). The van der Waals surface area contributed by atoms with E-state index in [9.17, 15) is 4.79 Å². The third-order valence-corrected chi connectivity index (χ3v) is 3.27. The predicted molar refractivity (Wildman–Crippen MR) is 65.2 cm³/mol. The van der Waals surface area contributed by atoms with Gasteiger partial charge >= 0.3 is 5.97 Å². The molecule has 0 fully saturated rings. The molecule has 0 bridgehead atoms. The van der Waals surface area contributed by atoms with Crippen molar-refractivity contribution in [2.75, 3.05) is 23.9 Å². The number of aromatic nitrogens is 1. The van der Waals surface area contributed by atoms with Crippen LogP contribution in [0.25, 0.3) is 0 Å². The van der Waals surface area contributed by atoms with Crippen LogP contribution < -0.4 is 5.32 Å². The zero-order chi connectivity index (χ0) is 11.1. The van der Waals surface area contributed by atoms with E-state index in [1.54, 1.807) is 5.38 Å². The molecular formula is C9H14N2O2S2. The van der Waals surface area contributed by atoms with Gasteiger partial charge in [-0.1, -0.05) is 0 Å². The highest BCUT2D eigenvalue weighted by Gasteiger charge is 2.07.